The standard InChI is InChI=1S/C36H53FO/c1-3-5-25-38-27-31-17-19-32(20-18-31)34-23-24-35(36(37)26-34)33-21-15-30(16-22-33)10-7-6-9-29-13-11-28(8-4-2)12-14-29/h15-16,21-24,26,28-29,31-32H,3-14,17-20,25,27H2,1-2H3. The maximum Gasteiger partial charge on any atom is 0.131 e. The summed E-state index contributed by atoms with van der Waals surface area (Å²) in [5, 5.41) is 0. The molecule has 0 atom stereocenters. The van der Waals surface area contributed by atoms with E-state index >= 15 is 4.39 Å². The Balaban J connectivity index is 1.19. The molecule has 38 heavy (non-hydrogen) atoms. The molecule has 4 rings (SSSR count). The first-order valence-corrected chi connectivity index (χ1v) is 16.1. The van der Waals surface area contributed by atoms with Crippen molar-refractivity contribution in [1.29, 1.82) is 0 Å². The molecule has 2 saturated carbocycles. The Morgan fingerprint density at radius 2 is 1.39 bits per heavy atom. The van der Waals surface area contributed by atoms with Crippen molar-refractivity contribution < 1.29 is 9.13 Å². The van der Waals surface area contributed by atoms with Crippen LogP contribution in [0.15, 0.2) is 42.5 Å². The fourth-order valence-corrected chi connectivity index (χ4v) is 7.01. The smallest absolute Gasteiger partial charge is 0.131 e. The van der Waals surface area contributed by atoms with Crippen LogP contribution in [0.5, 0.6) is 0 Å². The number of hydrogen-bond donors (Lipinski definition) is 0. The first-order valence-electron chi connectivity index (χ1n) is 16.1. The molecule has 0 spiro atoms. The lowest BCUT2D eigenvalue weighted by molar-refractivity contribution is 0.0808. The Kier molecular flexibility index (Phi) is 12.2. The molecule has 0 amide bonds. The Bertz CT molecular complexity index is 919. The largest absolute Gasteiger partial charge is 0.381 e. The summed E-state index contributed by atoms with van der Waals surface area (Å²) in [6.45, 7) is 6.32. The van der Waals surface area contributed by atoms with E-state index in [1.54, 1.807) is 0 Å². The fourth-order valence-electron chi connectivity index (χ4n) is 7.01. The van der Waals surface area contributed by atoms with Crippen molar-refractivity contribution in [3.63, 3.8) is 0 Å². The van der Waals surface area contributed by atoms with Crippen LogP contribution in [0.3, 0.4) is 0 Å². The van der Waals surface area contributed by atoms with E-state index in [-0.39, 0.29) is 5.82 Å². The van der Waals surface area contributed by atoms with Gasteiger partial charge in [-0.25, -0.2) is 4.39 Å². The highest BCUT2D eigenvalue weighted by atomic mass is 19.1. The summed E-state index contributed by atoms with van der Waals surface area (Å²) in [4.78, 5) is 0. The number of rotatable bonds is 14. The van der Waals surface area contributed by atoms with Gasteiger partial charge in [-0.15, -0.1) is 0 Å². The zero-order valence-electron chi connectivity index (χ0n) is 24.4. The van der Waals surface area contributed by atoms with Crippen LogP contribution in [0, 0.1) is 23.6 Å². The second-order valence-electron chi connectivity index (χ2n) is 12.5. The molecule has 0 unspecified atom stereocenters. The van der Waals surface area contributed by atoms with Gasteiger partial charge in [0, 0.05) is 18.8 Å². The quantitative estimate of drug-likeness (QED) is 0.225. The van der Waals surface area contributed by atoms with Gasteiger partial charge in [-0.2, -0.15) is 0 Å². The number of unbranched alkanes of at least 4 members (excludes halogenated alkanes) is 2. The molecule has 0 heterocycles. The van der Waals surface area contributed by atoms with Gasteiger partial charge < -0.3 is 4.74 Å². The molecule has 1 nitrogen and oxygen atoms in total. The minimum Gasteiger partial charge on any atom is -0.381 e. The third-order valence-electron chi connectivity index (χ3n) is 9.56. The van der Waals surface area contributed by atoms with E-state index in [1.807, 2.05) is 12.1 Å². The summed E-state index contributed by atoms with van der Waals surface area (Å²) in [7, 11) is 0. The molecule has 0 bridgehead atoms. The van der Waals surface area contributed by atoms with Crippen molar-refractivity contribution in [2.75, 3.05) is 13.2 Å². The Morgan fingerprint density at radius 1 is 0.711 bits per heavy atom. The van der Waals surface area contributed by atoms with E-state index in [0.717, 1.165) is 61.9 Å². The lowest BCUT2D eigenvalue weighted by atomic mass is 9.78. The van der Waals surface area contributed by atoms with Crippen LogP contribution in [0.4, 0.5) is 4.39 Å². The molecule has 0 N–H and O–H groups in total. The van der Waals surface area contributed by atoms with Gasteiger partial charge >= 0.3 is 0 Å². The minimum absolute atomic E-state index is 0.0751. The first kappa shape index (κ1) is 29.3. The SMILES string of the molecule is CCCCOCC1CCC(c2ccc(-c3ccc(CCCCC4CCC(CCC)CC4)cc3)c(F)c2)CC1. The van der Waals surface area contributed by atoms with Crippen molar-refractivity contribution in [1.82, 2.24) is 0 Å². The van der Waals surface area contributed by atoms with Crippen LogP contribution in [-0.4, -0.2) is 13.2 Å². The highest BCUT2D eigenvalue weighted by molar-refractivity contribution is 5.65. The van der Waals surface area contributed by atoms with Gasteiger partial charge in [0.15, 0.2) is 0 Å². The van der Waals surface area contributed by atoms with Crippen molar-refractivity contribution in [3.05, 3.63) is 59.4 Å². The number of benzene rings is 2. The van der Waals surface area contributed by atoms with Crippen molar-refractivity contribution in [2.45, 2.75) is 122 Å². The lowest BCUT2D eigenvalue weighted by Gasteiger charge is -2.29. The highest BCUT2D eigenvalue weighted by Crippen LogP contribution is 2.38. The number of aryl methyl sites for hydroxylation is 1. The second-order valence-corrected chi connectivity index (χ2v) is 12.5. The van der Waals surface area contributed by atoms with Gasteiger partial charge in [0.1, 0.15) is 5.82 Å². The molecule has 2 aromatic carbocycles. The van der Waals surface area contributed by atoms with Gasteiger partial charge in [-0.1, -0.05) is 108 Å². The summed E-state index contributed by atoms with van der Waals surface area (Å²) >= 11 is 0. The van der Waals surface area contributed by atoms with Gasteiger partial charge in [0.25, 0.3) is 0 Å². The lowest BCUT2D eigenvalue weighted by Crippen LogP contribution is -2.18. The van der Waals surface area contributed by atoms with Gasteiger partial charge in [0.05, 0.1) is 0 Å². The molecular formula is C36H53FO. The summed E-state index contributed by atoms with van der Waals surface area (Å²) < 4.78 is 21.0. The zero-order chi connectivity index (χ0) is 26.6. The summed E-state index contributed by atoms with van der Waals surface area (Å²) in [5.74, 6) is 3.07. The van der Waals surface area contributed by atoms with Crippen LogP contribution in [0.2, 0.25) is 0 Å². The summed E-state index contributed by atoms with van der Waals surface area (Å²) in [6.07, 6.45) is 20.8. The predicted molar refractivity (Wildman–Crippen MR) is 160 cm³/mol. The number of halogens is 1. The molecule has 210 valence electrons. The zero-order valence-corrected chi connectivity index (χ0v) is 24.4. The molecule has 2 aliphatic carbocycles. The van der Waals surface area contributed by atoms with Crippen LogP contribution in [0.1, 0.15) is 127 Å². The molecule has 0 aliphatic heterocycles. The third-order valence-corrected chi connectivity index (χ3v) is 9.56. The van der Waals surface area contributed by atoms with E-state index in [4.69, 9.17) is 4.74 Å². The van der Waals surface area contributed by atoms with Gasteiger partial charge in [0.2, 0.25) is 0 Å². The Hall–Kier alpha value is -1.67. The molecule has 2 aromatic rings. The van der Waals surface area contributed by atoms with E-state index in [9.17, 15) is 0 Å². The average Bonchev–Trinajstić information content (AvgIpc) is 2.95. The molecule has 2 fully saturated rings. The molecule has 2 heteroatoms. The monoisotopic (exact) mass is 520 g/mol. The molecule has 0 aromatic heterocycles. The molecular weight excluding hydrogens is 467 g/mol. The summed E-state index contributed by atoms with van der Waals surface area (Å²) in [5.41, 5.74) is 4.28. The van der Waals surface area contributed by atoms with Crippen LogP contribution >= 0.6 is 0 Å². The average molecular weight is 521 g/mol. The Morgan fingerprint density at radius 3 is 2.05 bits per heavy atom. The van der Waals surface area contributed by atoms with E-state index in [2.05, 4.69) is 44.2 Å². The fraction of sp³-hybridized carbons (Fsp3) is 0.667. The minimum atomic E-state index is -0.0751. The molecule has 0 saturated heterocycles. The molecule has 2 aliphatic rings. The van der Waals surface area contributed by atoms with E-state index < -0.39 is 0 Å². The number of ether oxygens (including phenoxy) is 1. The maximum atomic E-state index is 15.2. The highest BCUT2D eigenvalue weighted by Gasteiger charge is 2.23. The van der Waals surface area contributed by atoms with Crippen LogP contribution in [-0.2, 0) is 11.2 Å². The van der Waals surface area contributed by atoms with Crippen LogP contribution in [0.25, 0.3) is 11.1 Å². The van der Waals surface area contributed by atoms with E-state index in [1.165, 1.54) is 88.2 Å². The van der Waals surface area contributed by atoms with E-state index in [0.29, 0.717) is 11.8 Å². The topological polar surface area (TPSA) is 9.23 Å². The third kappa shape index (κ3) is 8.94. The van der Waals surface area contributed by atoms with Gasteiger partial charge in [-0.05, 0) is 91.4 Å². The second kappa shape index (κ2) is 15.8. The normalized spacial score (nSPS) is 24.0. The Labute approximate surface area is 233 Å². The van der Waals surface area contributed by atoms with Crippen LogP contribution < -0.4 is 0 Å². The van der Waals surface area contributed by atoms with Crippen molar-refractivity contribution in [3.8, 4) is 11.1 Å². The molecule has 0 radical (unpaired) electrons. The van der Waals surface area contributed by atoms with Gasteiger partial charge in [-0.3, -0.25) is 0 Å². The summed E-state index contributed by atoms with van der Waals surface area (Å²) in [6, 6.07) is 14.6. The maximum absolute atomic E-state index is 15.2. The number of hydrogen-bond acceptors (Lipinski definition) is 1. The van der Waals surface area contributed by atoms with Crippen molar-refractivity contribution in [2.24, 2.45) is 17.8 Å². The van der Waals surface area contributed by atoms with Crippen molar-refractivity contribution >= 4 is 0 Å². The first-order chi connectivity index (χ1) is 18.7. The predicted octanol–water partition coefficient (Wildman–Crippen LogP) is 10.9.